The van der Waals surface area contributed by atoms with E-state index in [9.17, 15) is 4.79 Å². The van der Waals surface area contributed by atoms with Crippen molar-refractivity contribution in [2.75, 3.05) is 31.5 Å². The molecule has 1 aromatic heterocycles. The number of hydrogen-bond donors (Lipinski definition) is 1. The van der Waals surface area contributed by atoms with E-state index >= 15 is 0 Å². The molecule has 1 N–H and O–H groups in total. The Bertz CT molecular complexity index is 742. The second kappa shape index (κ2) is 8.85. The van der Waals surface area contributed by atoms with E-state index in [4.69, 9.17) is 0 Å². The summed E-state index contributed by atoms with van der Waals surface area (Å²) >= 11 is 1.57. The second-order valence-electron chi connectivity index (χ2n) is 7.54. The van der Waals surface area contributed by atoms with Crippen LogP contribution in [0.3, 0.4) is 0 Å². The maximum atomic E-state index is 12.7. The van der Waals surface area contributed by atoms with Crippen LogP contribution in [0, 0.1) is 0 Å². The Labute approximate surface area is 165 Å². The lowest BCUT2D eigenvalue weighted by Gasteiger charge is -2.27. The summed E-state index contributed by atoms with van der Waals surface area (Å²) in [4.78, 5) is 22.8. The summed E-state index contributed by atoms with van der Waals surface area (Å²) in [5, 5.41) is 3.70. The van der Waals surface area contributed by atoms with E-state index in [1.807, 2.05) is 29.3 Å². The number of rotatable bonds is 4. The van der Waals surface area contributed by atoms with Gasteiger partial charge in [-0.3, -0.25) is 10.2 Å². The Morgan fingerprint density at radius 2 is 1.89 bits per heavy atom. The number of thiazole rings is 1. The van der Waals surface area contributed by atoms with Crippen LogP contribution in [-0.2, 0) is 6.42 Å². The predicted molar refractivity (Wildman–Crippen MR) is 110 cm³/mol. The highest BCUT2D eigenvalue weighted by Gasteiger charge is 2.26. The smallest absolute Gasteiger partial charge is 0.323 e. The third kappa shape index (κ3) is 4.87. The summed E-state index contributed by atoms with van der Waals surface area (Å²) in [6.45, 7) is 3.75. The normalized spacial score (nSPS) is 19.2. The zero-order chi connectivity index (χ0) is 18.5. The van der Waals surface area contributed by atoms with Crippen LogP contribution in [-0.4, -0.2) is 53.0 Å². The molecule has 2 aromatic rings. The van der Waals surface area contributed by atoms with Crippen molar-refractivity contribution in [3.05, 3.63) is 47.0 Å². The highest BCUT2D eigenvalue weighted by molar-refractivity contribution is 7.15. The van der Waals surface area contributed by atoms with Crippen molar-refractivity contribution in [2.45, 2.75) is 44.6 Å². The van der Waals surface area contributed by atoms with Crippen molar-refractivity contribution in [2.24, 2.45) is 0 Å². The molecule has 0 unspecified atom stereocenters. The molecule has 2 amide bonds. The lowest BCUT2D eigenvalue weighted by atomic mass is 10.1. The number of nitrogens with zero attached hydrogens (tertiary/aromatic N) is 3. The van der Waals surface area contributed by atoms with E-state index in [1.54, 1.807) is 11.3 Å². The third-order valence-electron chi connectivity index (χ3n) is 5.65. The standard InChI is InChI=1S/C21H28N4OS/c26-21(25-12-6-11-24(13-14-25)18-9-4-5-10-18)23-20-22-16-19(27-20)15-17-7-2-1-3-8-17/h1-3,7-8,16,18H,4-6,9-15H2,(H,22,23,26). The second-order valence-corrected chi connectivity index (χ2v) is 8.65. The zero-order valence-electron chi connectivity index (χ0n) is 15.8. The maximum absolute atomic E-state index is 12.7. The van der Waals surface area contributed by atoms with Gasteiger partial charge in [-0.1, -0.05) is 43.2 Å². The van der Waals surface area contributed by atoms with Crippen LogP contribution in [0.1, 0.15) is 42.5 Å². The minimum Gasteiger partial charge on any atom is -0.323 e. The first-order valence-electron chi connectivity index (χ1n) is 10.1. The Morgan fingerprint density at radius 1 is 1.07 bits per heavy atom. The van der Waals surface area contributed by atoms with Gasteiger partial charge in [-0.25, -0.2) is 9.78 Å². The Hall–Kier alpha value is -1.92. The van der Waals surface area contributed by atoms with Gasteiger partial charge in [0.1, 0.15) is 0 Å². The highest BCUT2D eigenvalue weighted by Crippen LogP contribution is 2.25. The monoisotopic (exact) mass is 384 g/mol. The van der Waals surface area contributed by atoms with Gasteiger partial charge >= 0.3 is 6.03 Å². The summed E-state index contributed by atoms with van der Waals surface area (Å²) in [6.07, 6.45) is 9.17. The van der Waals surface area contributed by atoms with Crippen LogP contribution in [0.4, 0.5) is 9.93 Å². The Kier molecular flexibility index (Phi) is 6.04. The van der Waals surface area contributed by atoms with Gasteiger partial charge in [0.15, 0.2) is 5.13 Å². The molecule has 1 aromatic carbocycles. The zero-order valence-corrected chi connectivity index (χ0v) is 16.6. The summed E-state index contributed by atoms with van der Waals surface area (Å²) in [6, 6.07) is 11.1. The van der Waals surface area contributed by atoms with Crippen molar-refractivity contribution in [3.8, 4) is 0 Å². The van der Waals surface area contributed by atoms with Gasteiger partial charge in [-0.05, 0) is 24.8 Å². The van der Waals surface area contributed by atoms with Crippen LogP contribution >= 0.6 is 11.3 Å². The summed E-state index contributed by atoms with van der Waals surface area (Å²) in [5.41, 5.74) is 1.26. The summed E-state index contributed by atoms with van der Waals surface area (Å²) in [5.74, 6) is 0. The molecule has 2 aliphatic rings. The number of anilines is 1. The summed E-state index contributed by atoms with van der Waals surface area (Å²) in [7, 11) is 0. The quantitative estimate of drug-likeness (QED) is 0.859. The molecule has 0 radical (unpaired) electrons. The van der Waals surface area contributed by atoms with Crippen LogP contribution in [0.15, 0.2) is 36.5 Å². The fraction of sp³-hybridized carbons (Fsp3) is 0.524. The van der Waals surface area contributed by atoms with Crippen molar-refractivity contribution in [1.82, 2.24) is 14.8 Å². The first-order chi connectivity index (χ1) is 13.3. The van der Waals surface area contributed by atoms with Gasteiger partial charge in [0.2, 0.25) is 0 Å². The van der Waals surface area contributed by atoms with E-state index < -0.39 is 0 Å². The van der Waals surface area contributed by atoms with Gasteiger partial charge < -0.3 is 4.90 Å². The molecule has 0 bridgehead atoms. The van der Waals surface area contributed by atoms with E-state index in [-0.39, 0.29) is 6.03 Å². The van der Waals surface area contributed by atoms with Gasteiger partial charge in [-0.15, -0.1) is 11.3 Å². The molecule has 2 fully saturated rings. The number of benzene rings is 1. The van der Waals surface area contributed by atoms with Gasteiger partial charge in [0.25, 0.3) is 0 Å². The van der Waals surface area contributed by atoms with E-state index in [1.165, 1.54) is 36.1 Å². The molecule has 6 heteroatoms. The minimum atomic E-state index is -0.0103. The van der Waals surface area contributed by atoms with Crippen molar-refractivity contribution >= 4 is 22.5 Å². The molecule has 4 rings (SSSR count). The van der Waals surface area contributed by atoms with Crippen molar-refractivity contribution in [3.63, 3.8) is 0 Å². The fourth-order valence-electron chi connectivity index (χ4n) is 4.19. The number of carbonyl (C=O) groups is 1. The lowest BCUT2D eigenvalue weighted by molar-refractivity contribution is 0.195. The Balaban J connectivity index is 1.30. The largest absolute Gasteiger partial charge is 0.323 e. The van der Waals surface area contributed by atoms with Crippen LogP contribution in [0.2, 0.25) is 0 Å². The van der Waals surface area contributed by atoms with Gasteiger partial charge in [0.05, 0.1) is 0 Å². The van der Waals surface area contributed by atoms with Crippen LogP contribution < -0.4 is 5.32 Å². The first-order valence-corrected chi connectivity index (χ1v) is 10.9. The molecule has 1 saturated heterocycles. The minimum absolute atomic E-state index is 0.0103. The van der Waals surface area contributed by atoms with Gasteiger partial charge in [-0.2, -0.15) is 0 Å². The third-order valence-corrected chi connectivity index (χ3v) is 6.56. The average molecular weight is 385 g/mol. The Morgan fingerprint density at radius 3 is 2.70 bits per heavy atom. The number of carbonyl (C=O) groups excluding carboxylic acids is 1. The number of nitrogens with one attached hydrogen (secondary N) is 1. The number of hydrogen-bond acceptors (Lipinski definition) is 4. The average Bonchev–Trinajstić information content (AvgIpc) is 3.30. The topological polar surface area (TPSA) is 48.5 Å². The molecule has 0 spiro atoms. The molecule has 27 heavy (non-hydrogen) atoms. The van der Waals surface area contributed by atoms with E-state index in [0.29, 0.717) is 5.13 Å². The molecule has 144 valence electrons. The molecular weight excluding hydrogens is 356 g/mol. The molecule has 1 aliphatic carbocycles. The lowest BCUT2D eigenvalue weighted by Crippen LogP contribution is -2.40. The van der Waals surface area contributed by atoms with Crippen molar-refractivity contribution in [1.29, 1.82) is 0 Å². The predicted octanol–water partition coefficient (Wildman–Crippen LogP) is 4.22. The SMILES string of the molecule is O=C(Nc1ncc(Cc2ccccc2)s1)N1CCCN(C2CCCC2)CC1. The number of aromatic nitrogens is 1. The van der Waals surface area contributed by atoms with Crippen molar-refractivity contribution < 1.29 is 4.79 Å². The fourth-order valence-corrected chi connectivity index (χ4v) is 5.03. The highest BCUT2D eigenvalue weighted by atomic mass is 32.1. The van der Waals surface area contributed by atoms with Gasteiger partial charge in [0, 0.05) is 49.7 Å². The molecule has 1 saturated carbocycles. The van der Waals surface area contributed by atoms with E-state index in [2.05, 4.69) is 27.3 Å². The molecule has 5 nitrogen and oxygen atoms in total. The molecular formula is C21H28N4OS. The number of urea groups is 1. The van der Waals surface area contributed by atoms with Crippen LogP contribution in [0.5, 0.6) is 0 Å². The first kappa shape index (κ1) is 18.4. The van der Waals surface area contributed by atoms with Crippen LogP contribution in [0.25, 0.3) is 0 Å². The molecule has 1 aliphatic heterocycles. The maximum Gasteiger partial charge on any atom is 0.323 e. The summed E-state index contributed by atoms with van der Waals surface area (Å²) < 4.78 is 0. The van der Waals surface area contributed by atoms with E-state index in [0.717, 1.165) is 45.1 Å². The number of amides is 2. The molecule has 2 heterocycles. The molecule has 0 atom stereocenters.